The molecule has 0 saturated heterocycles. The van der Waals surface area contributed by atoms with E-state index in [1.54, 1.807) is 6.92 Å². The summed E-state index contributed by atoms with van der Waals surface area (Å²) < 4.78 is 6.45. The number of benzene rings is 1. The molecule has 1 atom stereocenters. The average Bonchev–Trinajstić information content (AvgIpc) is 2.73. The molecule has 0 spiro atoms. The van der Waals surface area contributed by atoms with Crippen LogP contribution in [0.25, 0.3) is 0 Å². The van der Waals surface area contributed by atoms with Crippen LogP contribution in [0.2, 0.25) is 4.34 Å². The Hall–Kier alpha value is -1.03. The second-order valence-electron chi connectivity index (χ2n) is 3.71. The van der Waals surface area contributed by atoms with E-state index in [-0.39, 0.29) is 0 Å². The van der Waals surface area contributed by atoms with Crippen molar-refractivity contribution in [2.75, 3.05) is 0 Å². The van der Waals surface area contributed by atoms with Gasteiger partial charge in [0, 0.05) is 10.4 Å². The minimum absolute atomic E-state index is 0.473. The van der Waals surface area contributed by atoms with Crippen molar-refractivity contribution < 1.29 is 9.84 Å². The molecule has 0 aliphatic rings. The molecule has 0 amide bonds. The minimum Gasteiger partial charge on any atom is -0.488 e. The summed E-state index contributed by atoms with van der Waals surface area (Å²) in [5, 5.41) is 9.61. The quantitative estimate of drug-likeness (QED) is 0.907. The highest BCUT2D eigenvalue weighted by Gasteiger charge is 2.08. The van der Waals surface area contributed by atoms with Crippen LogP contribution >= 0.6 is 22.9 Å². The maximum atomic E-state index is 9.61. The van der Waals surface area contributed by atoms with E-state index >= 15 is 0 Å². The molecule has 17 heavy (non-hydrogen) atoms. The monoisotopic (exact) mass is 268 g/mol. The van der Waals surface area contributed by atoms with Crippen molar-refractivity contribution >= 4 is 22.9 Å². The van der Waals surface area contributed by atoms with E-state index < -0.39 is 6.10 Å². The van der Waals surface area contributed by atoms with Gasteiger partial charge in [-0.2, -0.15) is 0 Å². The topological polar surface area (TPSA) is 29.5 Å². The fourth-order valence-corrected chi connectivity index (χ4v) is 2.54. The normalized spacial score (nSPS) is 12.4. The van der Waals surface area contributed by atoms with Gasteiger partial charge in [-0.15, -0.1) is 11.3 Å². The van der Waals surface area contributed by atoms with Crippen molar-refractivity contribution in [2.24, 2.45) is 0 Å². The number of ether oxygens (including phenoxy) is 1. The Bertz CT molecular complexity index is 494. The lowest BCUT2D eigenvalue weighted by Gasteiger charge is -2.12. The Morgan fingerprint density at radius 2 is 2.06 bits per heavy atom. The summed E-state index contributed by atoms with van der Waals surface area (Å²) in [6.07, 6.45) is -0.530. The molecule has 0 bridgehead atoms. The SMILES string of the molecule is C[C@H](O)c1ccccc1OCc1ccc(Cl)s1. The molecule has 0 unspecified atom stereocenters. The highest BCUT2D eigenvalue weighted by Crippen LogP contribution is 2.27. The predicted molar refractivity (Wildman–Crippen MR) is 70.7 cm³/mol. The van der Waals surface area contributed by atoms with E-state index in [1.165, 1.54) is 11.3 Å². The van der Waals surface area contributed by atoms with Gasteiger partial charge in [0.05, 0.1) is 10.4 Å². The van der Waals surface area contributed by atoms with Gasteiger partial charge in [-0.25, -0.2) is 0 Å². The number of thiophene rings is 1. The van der Waals surface area contributed by atoms with Gasteiger partial charge in [-0.05, 0) is 25.1 Å². The molecule has 4 heteroatoms. The standard InChI is InChI=1S/C13H13ClO2S/c1-9(15)11-4-2-3-5-12(11)16-8-10-6-7-13(14)17-10/h2-7,9,15H,8H2,1H3/t9-/m0/s1. The first kappa shape index (κ1) is 12.4. The molecule has 90 valence electrons. The summed E-state index contributed by atoms with van der Waals surface area (Å²) in [5.74, 6) is 0.715. The number of hydrogen-bond acceptors (Lipinski definition) is 3. The van der Waals surface area contributed by atoms with Crippen LogP contribution in [0.15, 0.2) is 36.4 Å². The van der Waals surface area contributed by atoms with Crippen LogP contribution in [0.1, 0.15) is 23.5 Å². The molecule has 1 heterocycles. The average molecular weight is 269 g/mol. The van der Waals surface area contributed by atoms with Crippen LogP contribution in [0.5, 0.6) is 5.75 Å². The first-order valence-corrected chi connectivity index (χ1v) is 6.50. The maximum absolute atomic E-state index is 9.61. The van der Waals surface area contributed by atoms with E-state index in [9.17, 15) is 5.11 Å². The van der Waals surface area contributed by atoms with E-state index in [4.69, 9.17) is 16.3 Å². The molecule has 2 nitrogen and oxygen atoms in total. The number of aliphatic hydroxyl groups excluding tert-OH is 1. The molecule has 0 fully saturated rings. The fourth-order valence-electron chi connectivity index (χ4n) is 1.54. The van der Waals surface area contributed by atoms with Gasteiger partial charge in [0.25, 0.3) is 0 Å². The lowest BCUT2D eigenvalue weighted by molar-refractivity contribution is 0.190. The molecule has 0 aliphatic heterocycles. The Morgan fingerprint density at radius 3 is 2.71 bits per heavy atom. The first-order chi connectivity index (χ1) is 8.16. The number of aliphatic hydroxyl groups is 1. The summed E-state index contributed by atoms with van der Waals surface area (Å²) in [6.45, 7) is 2.20. The number of hydrogen-bond donors (Lipinski definition) is 1. The summed E-state index contributed by atoms with van der Waals surface area (Å²) in [7, 11) is 0. The van der Waals surface area contributed by atoms with Gasteiger partial charge in [-0.1, -0.05) is 29.8 Å². The van der Waals surface area contributed by atoms with Crippen LogP contribution in [0, 0.1) is 0 Å². The van der Waals surface area contributed by atoms with Gasteiger partial charge in [0.15, 0.2) is 0 Å². The van der Waals surface area contributed by atoms with Crippen LogP contribution in [-0.2, 0) is 6.61 Å². The van der Waals surface area contributed by atoms with E-state index in [0.29, 0.717) is 12.4 Å². The largest absolute Gasteiger partial charge is 0.488 e. The highest BCUT2D eigenvalue weighted by molar-refractivity contribution is 7.16. The Kier molecular flexibility index (Phi) is 4.05. The van der Waals surface area contributed by atoms with Crippen molar-refractivity contribution in [1.82, 2.24) is 0 Å². The molecule has 2 aromatic rings. The van der Waals surface area contributed by atoms with Crippen LogP contribution in [0.3, 0.4) is 0 Å². The van der Waals surface area contributed by atoms with Crippen LogP contribution in [-0.4, -0.2) is 5.11 Å². The van der Waals surface area contributed by atoms with Crippen molar-refractivity contribution in [3.63, 3.8) is 0 Å². The third kappa shape index (κ3) is 3.22. The minimum atomic E-state index is -0.530. The molecule has 0 radical (unpaired) electrons. The summed E-state index contributed by atoms with van der Waals surface area (Å²) >= 11 is 7.35. The zero-order valence-corrected chi connectivity index (χ0v) is 11.0. The third-order valence-corrected chi connectivity index (χ3v) is 3.57. The molecule has 2 rings (SSSR count). The smallest absolute Gasteiger partial charge is 0.125 e. The van der Waals surface area contributed by atoms with E-state index in [2.05, 4.69) is 0 Å². The number of halogens is 1. The van der Waals surface area contributed by atoms with Gasteiger partial charge in [0.2, 0.25) is 0 Å². The van der Waals surface area contributed by atoms with Crippen molar-refractivity contribution in [1.29, 1.82) is 0 Å². The van der Waals surface area contributed by atoms with Crippen molar-refractivity contribution in [3.05, 3.63) is 51.2 Å². The Balaban J connectivity index is 2.08. The highest BCUT2D eigenvalue weighted by atomic mass is 35.5. The fraction of sp³-hybridized carbons (Fsp3) is 0.231. The molecule has 0 aliphatic carbocycles. The molecule has 1 N–H and O–H groups in total. The summed E-state index contributed by atoms with van der Waals surface area (Å²) in [6, 6.07) is 11.3. The number of para-hydroxylation sites is 1. The van der Waals surface area contributed by atoms with Gasteiger partial charge in [0.1, 0.15) is 12.4 Å². The van der Waals surface area contributed by atoms with E-state index in [0.717, 1.165) is 14.8 Å². The first-order valence-electron chi connectivity index (χ1n) is 5.31. The molecule has 1 aromatic heterocycles. The zero-order valence-electron chi connectivity index (χ0n) is 9.39. The lowest BCUT2D eigenvalue weighted by Crippen LogP contribution is -1.99. The van der Waals surface area contributed by atoms with Crippen molar-refractivity contribution in [3.8, 4) is 5.75 Å². The predicted octanol–water partition coefficient (Wildman–Crippen LogP) is 4.03. The van der Waals surface area contributed by atoms with Gasteiger partial charge < -0.3 is 9.84 Å². The molecule has 1 aromatic carbocycles. The molecular formula is C13H13ClO2S. The number of rotatable bonds is 4. The summed E-state index contributed by atoms with van der Waals surface area (Å²) in [5.41, 5.74) is 0.801. The molecule has 0 saturated carbocycles. The second kappa shape index (κ2) is 5.54. The van der Waals surface area contributed by atoms with Gasteiger partial charge >= 0.3 is 0 Å². The lowest BCUT2D eigenvalue weighted by atomic mass is 10.1. The van der Waals surface area contributed by atoms with Crippen molar-refractivity contribution in [2.45, 2.75) is 19.6 Å². The third-order valence-electron chi connectivity index (χ3n) is 2.37. The second-order valence-corrected chi connectivity index (χ2v) is 5.51. The zero-order chi connectivity index (χ0) is 12.3. The summed E-state index contributed by atoms with van der Waals surface area (Å²) in [4.78, 5) is 1.07. The van der Waals surface area contributed by atoms with Gasteiger partial charge in [-0.3, -0.25) is 0 Å². The Morgan fingerprint density at radius 1 is 1.29 bits per heavy atom. The van der Waals surface area contributed by atoms with Crippen LogP contribution in [0.4, 0.5) is 0 Å². The van der Waals surface area contributed by atoms with Crippen LogP contribution < -0.4 is 4.74 Å². The maximum Gasteiger partial charge on any atom is 0.125 e. The van der Waals surface area contributed by atoms with E-state index in [1.807, 2.05) is 36.4 Å². The Labute approximate surface area is 109 Å². The molecular weight excluding hydrogens is 256 g/mol.